The van der Waals surface area contributed by atoms with Crippen molar-refractivity contribution >= 4 is 0 Å². The van der Waals surface area contributed by atoms with Gasteiger partial charge in [0.25, 0.3) is 0 Å². The lowest BCUT2D eigenvalue weighted by Crippen LogP contribution is -2.08. The summed E-state index contributed by atoms with van der Waals surface area (Å²) < 4.78 is 5.91. The lowest BCUT2D eigenvalue weighted by molar-refractivity contribution is 0.291. The Morgan fingerprint density at radius 1 is 1.11 bits per heavy atom. The molecule has 0 N–H and O–H groups in total. The van der Waals surface area contributed by atoms with Crippen molar-refractivity contribution in [3.05, 3.63) is 28.8 Å². The summed E-state index contributed by atoms with van der Waals surface area (Å²) >= 11 is 0. The molecule has 104 valence electrons. The minimum absolute atomic E-state index is 0.213. The lowest BCUT2D eigenvalue weighted by atomic mass is 9.89. The van der Waals surface area contributed by atoms with Crippen LogP contribution in [0.3, 0.4) is 0 Å². The summed E-state index contributed by atoms with van der Waals surface area (Å²) in [5.74, 6) is 1.03. The fourth-order valence-corrected chi connectivity index (χ4v) is 2.05. The first kappa shape index (κ1) is 15.6. The van der Waals surface area contributed by atoms with Crippen molar-refractivity contribution in [1.82, 2.24) is 0 Å². The highest BCUT2D eigenvalue weighted by Gasteiger charge is 2.15. The molecule has 0 atom stereocenters. The Hall–Kier alpha value is -1.49. The molecule has 1 rings (SSSR count). The van der Waals surface area contributed by atoms with Gasteiger partial charge in [0.2, 0.25) is 0 Å². The van der Waals surface area contributed by atoms with Gasteiger partial charge in [0.05, 0.1) is 18.1 Å². The van der Waals surface area contributed by atoms with E-state index >= 15 is 0 Å². The van der Waals surface area contributed by atoms with Crippen molar-refractivity contribution in [3.63, 3.8) is 0 Å². The summed E-state index contributed by atoms with van der Waals surface area (Å²) in [5.41, 5.74) is 3.49. The number of aryl methyl sites for hydroxylation is 2. The normalized spacial score (nSPS) is 11.2. The summed E-state index contributed by atoms with van der Waals surface area (Å²) in [5, 5.41) is 8.95. The average Bonchev–Trinajstić information content (AvgIpc) is 2.37. The van der Waals surface area contributed by atoms with Crippen LogP contribution in [0.15, 0.2) is 12.1 Å². The van der Waals surface area contributed by atoms with Crippen LogP contribution in [0.25, 0.3) is 0 Å². The quantitative estimate of drug-likeness (QED) is 0.693. The highest BCUT2D eigenvalue weighted by atomic mass is 16.5. The summed E-state index contributed by atoms with van der Waals surface area (Å²) in [6.45, 7) is 11.0. The van der Waals surface area contributed by atoms with Gasteiger partial charge < -0.3 is 4.74 Å². The molecule has 0 unspecified atom stereocenters. The molecule has 1 aromatic rings. The SMILES string of the molecule is Cc1ccc(C)c(OCCCCC(C)(C)C#N)c1C. The van der Waals surface area contributed by atoms with Crippen molar-refractivity contribution in [2.24, 2.45) is 5.41 Å². The molecule has 2 nitrogen and oxygen atoms in total. The van der Waals surface area contributed by atoms with Crippen LogP contribution in [0.4, 0.5) is 0 Å². The second-order valence-corrected chi connectivity index (χ2v) is 5.95. The van der Waals surface area contributed by atoms with Crippen LogP contribution < -0.4 is 4.74 Å². The summed E-state index contributed by atoms with van der Waals surface area (Å²) in [7, 11) is 0. The molecule has 0 spiro atoms. The van der Waals surface area contributed by atoms with Gasteiger partial charge in [-0.2, -0.15) is 5.26 Å². The maximum Gasteiger partial charge on any atom is 0.125 e. The van der Waals surface area contributed by atoms with E-state index in [-0.39, 0.29) is 5.41 Å². The third kappa shape index (κ3) is 4.59. The Labute approximate surface area is 117 Å². The van der Waals surface area contributed by atoms with E-state index in [4.69, 9.17) is 10.00 Å². The Bertz CT molecular complexity index is 469. The Morgan fingerprint density at radius 2 is 1.74 bits per heavy atom. The highest BCUT2D eigenvalue weighted by Crippen LogP contribution is 2.26. The number of unbranched alkanes of at least 4 members (excludes halogenated alkanes) is 1. The van der Waals surface area contributed by atoms with Gasteiger partial charge >= 0.3 is 0 Å². The summed E-state index contributed by atoms with van der Waals surface area (Å²) in [6.07, 6.45) is 2.96. The van der Waals surface area contributed by atoms with Crippen molar-refractivity contribution in [2.45, 2.75) is 53.9 Å². The molecule has 0 radical (unpaired) electrons. The van der Waals surface area contributed by atoms with E-state index in [1.807, 2.05) is 13.8 Å². The molecule has 0 aliphatic heterocycles. The molecule has 2 heteroatoms. The van der Waals surface area contributed by atoms with E-state index in [0.717, 1.165) is 31.6 Å². The number of nitrogens with zero attached hydrogens (tertiary/aromatic N) is 1. The molecule has 0 aromatic heterocycles. The van der Waals surface area contributed by atoms with Gasteiger partial charge in [-0.05, 0) is 70.6 Å². The monoisotopic (exact) mass is 259 g/mol. The molecule has 0 saturated carbocycles. The molecule has 0 amide bonds. The largest absolute Gasteiger partial charge is 0.493 e. The van der Waals surface area contributed by atoms with Gasteiger partial charge in [0, 0.05) is 0 Å². The molecule has 0 aliphatic carbocycles. The van der Waals surface area contributed by atoms with Crippen molar-refractivity contribution in [2.75, 3.05) is 6.61 Å². The minimum atomic E-state index is -0.213. The molecule has 0 fully saturated rings. The van der Waals surface area contributed by atoms with Crippen LogP contribution in [-0.4, -0.2) is 6.61 Å². The van der Waals surface area contributed by atoms with Gasteiger partial charge in [-0.25, -0.2) is 0 Å². The molecular weight excluding hydrogens is 234 g/mol. The predicted molar refractivity (Wildman–Crippen MR) is 79.4 cm³/mol. The number of rotatable bonds is 6. The van der Waals surface area contributed by atoms with E-state index in [0.29, 0.717) is 0 Å². The predicted octanol–water partition coefficient (Wildman–Crippen LogP) is 4.71. The van der Waals surface area contributed by atoms with Crippen LogP contribution in [-0.2, 0) is 0 Å². The zero-order chi connectivity index (χ0) is 14.5. The van der Waals surface area contributed by atoms with Crippen molar-refractivity contribution in [3.8, 4) is 11.8 Å². The third-order valence-corrected chi connectivity index (χ3v) is 3.62. The van der Waals surface area contributed by atoms with Crippen molar-refractivity contribution < 1.29 is 4.74 Å². The molecule has 19 heavy (non-hydrogen) atoms. The first-order chi connectivity index (χ1) is 8.87. The first-order valence-electron chi connectivity index (χ1n) is 6.98. The standard InChI is InChI=1S/C17H25NO/c1-13-8-9-14(2)16(15(13)3)19-11-7-6-10-17(4,5)12-18/h8-9H,6-7,10-11H2,1-5H3. The fourth-order valence-electron chi connectivity index (χ4n) is 2.05. The summed E-state index contributed by atoms with van der Waals surface area (Å²) in [4.78, 5) is 0. The van der Waals surface area contributed by atoms with E-state index < -0.39 is 0 Å². The maximum absolute atomic E-state index is 8.95. The van der Waals surface area contributed by atoms with Crippen LogP contribution in [0.1, 0.15) is 49.8 Å². The second-order valence-electron chi connectivity index (χ2n) is 5.95. The number of hydrogen-bond acceptors (Lipinski definition) is 2. The Kier molecular flexibility index (Phi) is 5.42. The maximum atomic E-state index is 8.95. The van der Waals surface area contributed by atoms with Gasteiger partial charge in [-0.15, -0.1) is 0 Å². The highest BCUT2D eigenvalue weighted by molar-refractivity contribution is 5.44. The molecular formula is C17H25NO. The topological polar surface area (TPSA) is 33.0 Å². The molecule has 1 aromatic carbocycles. The zero-order valence-corrected chi connectivity index (χ0v) is 12.8. The molecule has 0 saturated heterocycles. The second kappa shape index (κ2) is 6.61. The zero-order valence-electron chi connectivity index (χ0n) is 12.8. The summed E-state index contributed by atoms with van der Waals surface area (Å²) in [6, 6.07) is 6.57. The smallest absolute Gasteiger partial charge is 0.125 e. The van der Waals surface area contributed by atoms with Crippen LogP contribution in [0, 0.1) is 37.5 Å². The third-order valence-electron chi connectivity index (χ3n) is 3.62. The average molecular weight is 259 g/mol. The van der Waals surface area contributed by atoms with Crippen LogP contribution in [0.2, 0.25) is 0 Å². The van der Waals surface area contributed by atoms with E-state index in [1.165, 1.54) is 16.7 Å². The van der Waals surface area contributed by atoms with Crippen molar-refractivity contribution in [1.29, 1.82) is 5.26 Å². The lowest BCUT2D eigenvalue weighted by Gasteiger charge is -2.16. The van der Waals surface area contributed by atoms with Gasteiger partial charge in [-0.3, -0.25) is 0 Å². The van der Waals surface area contributed by atoms with E-state index in [9.17, 15) is 0 Å². The van der Waals surface area contributed by atoms with Gasteiger partial charge in [-0.1, -0.05) is 12.1 Å². The number of nitriles is 1. The molecule has 0 bridgehead atoms. The van der Waals surface area contributed by atoms with Gasteiger partial charge in [0.1, 0.15) is 5.75 Å². The van der Waals surface area contributed by atoms with E-state index in [2.05, 4.69) is 39.0 Å². The van der Waals surface area contributed by atoms with Gasteiger partial charge in [0.15, 0.2) is 0 Å². The fraction of sp³-hybridized carbons (Fsp3) is 0.588. The number of ether oxygens (including phenoxy) is 1. The number of hydrogen-bond donors (Lipinski definition) is 0. The van der Waals surface area contributed by atoms with E-state index in [1.54, 1.807) is 0 Å². The molecule has 0 aliphatic rings. The minimum Gasteiger partial charge on any atom is -0.493 e. The Morgan fingerprint density at radius 3 is 2.37 bits per heavy atom. The van der Waals surface area contributed by atoms with Crippen LogP contribution >= 0.6 is 0 Å². The Balaban J connectivity index is 2.43. The first-order valence-corrected chi connectivity index (χ1v) is 6.98. The molecule has 0 heterocycles. The number of benzene rings is 1. The van der Waals surface area contributed by atoms with Crippen LogP contribution in [0.5, 0.6) is 5.75 Å².